The molecule has 1 aromatic heterocycles. The molecule has 0 spiro atoms. The number of methoxy groups -OCH3 is 2. The molecule has 1 fully saturated rings. The van der Waals surface area contributed by atoms with E-state index < -0.39 is 15.4 Å². The zero-order chi connectivity index (χ0) is 20.6. The van der Waals surface area contributed by atoms with E-state index in [2.05, 4.69) is 16.3 Å². The van der Waals surface area contributed by atoms with Gasteiger partial charge in [-0.1, -0.05) is 6.07 Å². The first-order valence-corrected chi connectivity index (χ1v) is 12.5. The summed E-state index contributed by atoms with van der Waals surface area (Å²) in [5, 5.41) is 13.2. The molecule has 158 valence electrons. The number of aliphatic hydroxyl groups is 1. The summed E-state index contributed by atoms with van der Waals surface area (Å²) in [6.45, 7) is 1.25. The van der Waals surface area contributed by atoms with Crippen molar-refractivity contribution >= 4 is 21.2 Å². The first kappa shape index (κ1) is 20.7. The number of ether oxygens (including phenoxy) is 2. The predicted molar refractivity (Wildman–Crippen MR) is 114 cm³/mol. The molecule has 1 atom stereocenters. The van der Waals surface area contributed by atoms with Crippen LogP contribution in [-0.2, 0) is 16.3 Å². The van der Waals surface area contributed by atoms with Crippen LogP contribution >= 0.6 is 11.3 Å². The van der Waals surface area contributed by atoms with E-state index in [0.29, 0.717) is 25.1 Å². The van der Waals surface area contributed by atoms with Crippen LogP contribution in [0.4, 0.5) is 0 Å². The van der Waals surface area contributed by atoms with Crippen molar-refractivity contribution in [3.05, 3.63) is 45.6 Å². The molecule has 8 heteroatoms. The summed E-state index contributed by atoms with van der Waals surface area (Å²) in [5.41, 5.74) is 1.40. The molecule has 6 nitrogen and oxygen atoms in total. The van der Waals surface area contributed by atoms with Crippen LogP contribution in [-0.4, -0.2) is 62.8 Å². The van der Waals surface area contributed by atoms with E-state index in [0.717, 1.165) is 24.3 Å². The summed E-state index contributed by atoms with van der Waals surface area (Å²) >= 11 is 1.69. The van der Waals surface area contributed by atoms with Crippen molar-refractivity contribution in [2.75, 3.05) is 38.8 Å². The molecule has 2 aliphatic heterocycles. The van der Waals surface area contributed by atoms with Crippen LogP contribution in [0, 0.1) is 0 Å². The molecule has 0 bridgehead atoms. The molecule has 0 amide bonds. The number of hydrogen-bond donors (Lipinski definition) is 1. The van der Waals surface area contributed by atoms with E-state index in [1.54, 1.807) is 25.6 Å². The Bertz CT molecular complexity index is 957. The molecular weight excluding hydrogens is 410 g/mol. The van der Waals surface area contributed by atoms with Crippen molar-refractivity contribution in [3.63, 3.8) is 0 Å². The van der Waals surface area contributed by atoms with E-state index in [1.807, 2.05) is 18.2 Å². The van der Waals surface area contributed by atoms with Crippen molar-refractivity contribution in [1.29, 1.82) is 0 Å². The van der Waals surface area contributed by atoms with Crippen molar-refractivity contribution < 1.29 is 23.0 Å². The minimum atomic E-state index is -3.02. The molecule has 0 aliphatic carbocycles. The summed E-state index contributed by atoms with van der Waals surface area (Å²) < 4.78 is 34.7. The van der Waals surface area contributed by atoms with Gasteiger partial charge in [0.25, 0.3) is 0 Å². The van der Waals surface area contributed by atoms with Gasteiger partial charge >= 0.3 is 0 Å². The molecule has 3 heterocycles. The van der Waals surface area contributed by atoms with E-state index in [9.17, 15) is 13.5 Å². The fraction of sp³-hybridized carbons (Fsp3) is 0.524. The van der Waals surface area contributed by atoms with Gasteiger partial charge < -0.3 is 14.6 Å². The van der Waals surface area contributed by atoms with Gasteiger partial charge in [0, 0.05) is 18.0 Å². The highest BCUT2D eigenvalue weighted by molar-refractivity contribution is 7.91. The van der Waals surface area contributed by atoms with Crippen molar-refractivity contribution in [1.82, 2.24) is 4.90 Å². The number of nitrogens with zero attached hydrogens (tertiary/aromatic N) is 1. The van der Waals surface area contributed by atoms with Gasteiger partial charge in [0.2, 0.25) is 0 Å². The zero-order valence-corrected chi connectivity index (χ0v) is 18.4. The van der Waals surface area contributed by atoms with Crippen LogP contribution in [0.1, 0.15) is 34.9 Å². The maximum atomic E-state index is 11.8. The molecular formula is C21H27NO5S2. The summed E-state index contributed by atoms with van der Waals surface area (Å²) in [4.78, 5) is 3.49. The third-order valence-electron chi connectivity index (χ3n) is 6.04. The first-order chi connectivity index (χ1) is 13.8. The molecule has 0 saturated carbocycles. The zero-order valence-electron chi connectivity index (χ0n) is 16.8. The van der Waals surface area contributed by atoms with Gasteiger partial charge in [-0.2, -0.15) is 0 Å². The normalized spacial score (nSPS) is 23.3. The van der Waals surface area contributed by atoms with E-state index in [4.69, 9.17) is 9.47 Å². The summed E-state index contributed by atoms with van der Waals surface area (Å²) in [7, 11) is 0.253. The van der Waals surface area contributed by atoms with Crippen LogP contribution in [0.3, 0.4) is 0 Å². The number of thiophene rings is 1. The number of fused-ring (bicyclic) bond motifs is 1. The SMILES string of the molecule is COc1cc2c(cc1OC)[C@H](c1cccs1)N(CC1(O)CCS(=O)(=O)CC1)CC2. The molecule has 4 rings (SSSR count). The van der Waals surface area contributed by atoms with Gasteiger partial charge in [-0.25, -0.2) is 8.42 Å². The molecule has 0 radical (unpaired) electrons. The third kappa shape index (κ3) is 4.17. The topological polar surface area (TPSA) is 76.1 Å². The molecule has 2 aliphatic rings. The van der Waals surface area contributed by atoms with Gasteiger partial charge in [-0.15, -0.1) is 11.3 Å². The predicted octanol–water partition coefficient (Wildman–Crippen LogP) is 2.65. The molecule has 1 saturated heterocycles. The second kappa shape index (κ2) is 7.91. The van der Waals surface area contributed by atoms with E-state index >= 15 is 0 Å². The van der Waals surface area contributed by atoms with Crippen molar-refractivity contribution in [3.8, 4) is 11.5 Å². The lowest BCUT2D eigenvalue weighted by Crippen LogP contribution is -2.50. The standard InChI is InChI=1S/C21H27NO5S2/c1-26-17-12-15-5-8-22(14-21(23)6-10-29(24,25)11-7-21)20(19-4-3-9-28-19)16(15)13-18(17)27-2/h3-4,9,12-13,20,23H,5-8,10-11,14H2,1-2H3/t20-/m1/s1. The maximum Gasteiger partial charge on any atom is 0.161 e. The lowest BCUT2D eigenvalue weighted by atomic mass is 9.88. The highest BCUT2D eigenvalue weighted by Gasteiger charge is 2.40. The summed E-state index contributed by atoms with van der Waals surface area (Å²) in [6, 6.07) is 8.24. The fourth-order valence-electron chi connectivity index (χ4n) is 4.40. The number of rotatable bonds is 5. The monoisotopic (exact) mass is 437 g/mol. The molecule has 1 aromatic carbocycles. The summed E-state index contributed by atoms with van der Waals surface area (Å²) in [6.07, 6.45) is 1.43. The van der Waals surface area contributed by atoms with Crippen LogP contribution in [0.2, 0.25) is 0 Å². The van der Waals surface area contributed by atoms with Crippen molar-refractivity contribution in [2.45, 2.75) is 30.9 Å². The largest absolute Gasteiger partial charge is 0.493 e. The smallest absolute Gasteiger partial charge is 0.161 e. The Morgan fingerprint density at radius 1 is 1.21 bits per heavy atom. The third-order valence-corrected chi connectivity index (χ3v) is 8.62. The average Bonchev–Trinajstić information content (AvgIpc) is 3.23. The Hall–Kier alpha value is -1.61. The minimum Gasteiger partial charge on any atom is -0.493 e. The van der Waals surface area contributed by atoms with Gasteiger partial charge in [0.1, 0.15) is 0 Å². The van der Waals surface area contributed by atoms with Crippen LogP contribution in [0.5, 0.6) is 11.5 Å². The lowest BCUT2D eigenvalue weighted by molar-refractivity contribution is -0.0140. The van der Waals surface area contributed by atoms with Gasteiger partial charge in [-0.05, 0) is 54.0 Å². The number of benzene rings is 1. The second-order valence-corrected chi connectivity index (χ2v) is 11.2. The Balaban J connectivity index is 1.69. The Kier molecular flexibility index (Phi) is 5.63. The molecule has 1 N–H and O–H groups in total. The quantitative estimate of drug-likeness (QED) is 0.775. The van der Waals surface area contributed by atoms with Gasteiger partial charge in [0.15, 0.2) is 21.3 Å². The minimum absolute atomic E-state index is 0.00103. The van der Waals surface area contributed by atoms with Gasteiger partial charge in [0.05, 0.1) is 37.4 Å². The molecule has 29 heavy (non-hydrogen) atoms. The highest BCUT2D eigenvalue weighted by atomic mass is 32.2. The summed E-state index contributed by atoms with van der Waals surface area (Å²) in [5.74, 6) is 1.53. The Morgan fingerprint density at radius 2 is 1.90 bits per heavy atom. The maximum absolute atomic E-state index is 11.8. The highest BCUT2D eigenvalue weighted by Crippen LogP contribution is 2.43. The fourth-order valence-corrected chi connectivity index (χ4v) is 6.86. The lowest BCUT2D eigenvalue weighted by Gasteiger charge is -2.43. The van der Waals surface area contributed by atoms with Crippen LogP contribution < -0.4 is 9.47 Å². The van der Waals surface area contributed by atoms with Gasteiger partial charge in [-0.3, -0.25) is 4.90 Å². The molecule has 0 unspecified atom stereocenters. The van der Waals surface area contributed by atoms with Crippen molar-refractivity contribution in [2.24, 2.45) is 0 Å². The van der Waals surface area contributed by atoms with Crippen LogP contribution in [0.15, 0.2) is 29.6 Å². The Morgan fingerprint density at radius 3 is 2.52 bits per heavy atom. The Labute approximate surface area is 176 Å². The van der Waals surface area contributed by atoms with E-state index in [-0.39, 0.29) is 17.5 Å². The van der Waals surface area contributed by atoms with E-state index in [1.165, 1.54) is 10.4 Å². The molecule has 2 aromatic rings. The number of β-amino-alcohol motifs (C(OH)–C–C–N with tert-alkyl or cyclic N) is 1. The number of hydrogen-bond acceptors (Lipinski definition) is 7. The first-order valence-electron chi connectivity index (χ1n) is 9.79. The second-order valence-electron chi connectivity index (χ2n) is 7.92. The van der Waals surface area contributed by atoms with Crippen LogP contribution in [0.25, 0.3) is 0 Å². The average molecular weight is 438 g/mol. The number of sulfone groups is 1.